The van der Waals surface area contributed by atoms with Gasteiger partial charge < -0.3 is 0 Å². The van der Waals surface area contributed by atoms with E-state index in [1.54, 1.807) is 0 Å². The monoisotopic (exact) mass is 336 g/mol. The highest BCUT2D eigenvalue weighted by atomic mass is 32.3. The summed E-state index contributed by atoms with van der Waals surface area (Å²) < 4.78 is 56.8. The molecule has 21 heavy (non-hydrogen) atoms. The molecule has 0 aromatic heterocycles. The van der Waals surface area contributed by atoms with Crippen LogP contribution in [0.2, 0.25) is 0 Å². The SMILES string of the molecule is CC(C)/N=N/c1ccc(S(=O)(=O)CCOS(=O)(=O)O)cc1. The van der Waals surface area contributed by atoms with Crippen molar-refractivity contribution >= 4 is 25.9 Å². The van der Waals surface area contributed by atoms with Crippen LogP contribution in [0.15, 0.2) is 39.4 Å². The van der Waals surface area contributed by atoms with Gasteiger partial charge in [-0.3, -0.25) is 4.55 Å². The number of rotatable bonds is 7. The molecule has 0 aliphatic heterocycles. The van der Waals surface area contributed by atoms with Crippen LogP contribution in [0, 0.1) is 0 Å². The lowest BCUT2D eigenvalue weighted by atomic mass is 10.3. The van der Waals surface area contributed by atoms with Crippen molar-refractivity contribution in [3.8, 4) is 0 Å². The molecule has 0 atom stereocenters. The van der Waals surface area contributed by atoms with Gasteiger partial charge in [-0.15, -0.1) is 0 Å². The minimum Gasteiger partial charge on any atom is -0.264 e. The van der Waals surface area contributed by atoms with Gasteiger partial charge in [-0.1, -0.05) is 0 Å². The fraction of sp³-hybridized carbons (Fsp3) is 0.455. The van der Waals surface area contributed by atoms with E-state index in [9.17, 15) is 16.8 Å². The molecule has 0 heterocycles. The average Bonchev–Trinajstić information content (AvgIpc) is 2.35. The van der Waals surface area contributed by atoms with E-state index in [0.717, 1.165) is 0 Å². The van der Waals surface area contributed by atoms with Gasteiger partial charge in [-0.2, -0.15) is 18.6 Å². The summed E-state index contributed by atoms with van der Waals surface area (Å²) in [4.78, 5) is 0.00457. The molecule has 0 spiro atoms. The minimum absolute atomic E-state index is 0.00457. The molecule has 0 saturated carbocycles. The van der Waals surface area contributed by atoms with Crippen LogP contribution in [0.3, 0.4) is 0 Å². The van der Waals surface area contributed by atoms with Gasteiger partial charge in [0, 0.05) is 0 Å². The third kappa shape index (κ3) is 6.76. The predicted molar refractivity (Wildman–Crippen MR) is 75.6 cm³/mol. The topological polar surface area (TPSA) is 122 Å². The van der Waals surface area contributed by atoms with Crippen molar-refractivity contribution < 1.29 is 25.6 Å². The second-order valence-corrected chi connectivity index (χ2v) is 7.57. The third-order valence-electron chi connectivity index (χ3n) is 2.18. The van der Waals surface area contributed by atoms with Crippen LogP contribution in [-0.4, -0.2) is 39.8 Å². The van der Waals surface area contributed by atoms with E-state index in [1.807, 2.05) is 13.8 Å². The Bertz CT molecular complexity index is 693. The maximum atomic E-state index is 11.9. The molecule has 1 rings (SSSR count). The van der Waals surface area contributed by atoms with Crippen molar-refractivity contribution in [2.45, 2.75) is 24.8 Å². The highest BCUT2D eigenvalue weighted by Crippen LogP contribution is 2.18. The summed E-state index contributed by atoms with van der Waals surface area (Å²) in [5, 5.41) is 7.84. The smallest absolute Gasteiger partial charge is 0.264 e. The lowest BCUT2D eigenvalue weighted by Gasteiger charge is -2.04. The number of azo groups is 1. The molecule has 0 bridgehead atoms. The fourth-order valence-corrected chi connectivity index (χ4v) is 2.76. The van der Waals surface area contributed by atoms with E-state index >= 15 is 0 Å². The van der Waals surface area contributed by atoms with Crippen molar-refractivity contribution in [1.29, 1.82) is 0 Å². The lowest BCUT2D eigenvalue weighted by molar-refractivity contribution is 0.284. The molecule has 0 aliphatic carbocycles. The van der Waals surface area contributed by atoms with E-state index in [2.05, 4.69) is 14.4 Å². The number of hydrogen-bond acceptors (Lipinski definition) is 7. The van der Waals surface area contributed by atoms with E-state index in [1.165, 1.54) is 24.3 Å². The van der Waals surface area contributed by atoms with Crippen LogP contribution in [0.25, 0.3) is 0 Å². The quantitative estimate of drug-likeness (QED) is 0.598. The number of sulfone groups is 1. The van der Waals surface area contributed by atoms with E-state index in [4.69, 9.17) is 4.55 Å². The van der Waals surface area contributed by atoms with Gasteiger partial charge >= 0.3 is 10.4 Å². The first-order chi connectivity index (χ1) is 9.60. The van der Waals surface area contributed by atoms with E-state index in [-0.39, 0.29) is 10.9 Å². The molecule has 1 aromatic carbocycles. The predicted octanol–water partition coefficient (Wildman–Crippen LogP) is 1.77. The van der Waals surface area contributed by atoms with Gasteiger partial charge in [0.2, 0.25) is 0 Å². The molecule has 10 heteroatoms. The Kier molecular flexibility index (Phi) is 5.96. The Morgan fingerprint density at radius 1 is 1.14 bits per heavy atom. The molecule has 0 radical (unpaired) electrons. The number of nitrogens with zero attached hydrogens (tertiary/aromatic N) is 2. The Balaban J connectivity index is 2.76. The van der Waals surface area contributed by atoms with Crippen molar-refractivity contribution in [3.05, 3.63) is 24.3 Å². The molecule has 8 nitrogen and oxygen atoms in total. The summed E-state index contributed by atoms with van der Waals surface area (Å²) in [6, 6.07) is 5.70. The third-order valence-corrected chi connectivity index (χ3v) is 4.34. The van der Waals surface area contributed by atoms with Gasteiger partial charge in [0.1, 0.15) is 0 Å². The Labute approximate surface area is 123 Å². The first-order valence-corrected chi connectivity index (χ1v) is 8.97. The van der Waals surface area contributed by atoms with Gasteiger partial charge in [-0.05, 0) is 38.1 Å². The normalized spacial score (nSPS) is 13.1. The Morgan fingerprint density at radius 3 is 2.19 bits per heavy atom. The molecule has 0 fully saturated rings. The van der Waals surface area contributed by atoms with Crippen LogP contribution >= 0.6 is 0 Å². The highest BCUT2D eigenvalue weighted by molar-refractivity contribution is 7.91. The summed E-state index contributed by atoms with van der Waals surface area (Å²) in [5.74, 6) is -0.570. The number of benzene rings is 1. The molecule has 0 amide bonds. The lowest BCUT2D eigenvalue weighted by Crippen LogP contribution is -2.15. The van der Waals surface area contributed by atoms with Gasteiger partial charge in [0.05, 0.1) is 29.0 Å². The summed E-state index contributed by atoms with van der Waals surface area (Å²) >= 11 is 0. The second kappa shape index (κ2) is 7.07. The fourth-order valence-electron chi connectivity index (χ4n) is 1.27. The minimum atomic E-state index is -4.64. The molecule has 0 saturated heterocycles. The highest BCUT2D eigenvalue weighted by Gasteiger charge is 2.16. The zero-order valence-corrected chi connectivity index (χ0v) is 13.1. The molecule has 118 valence electrons. The zero-order chi connectivity index (χ0) is 16.1. The molecule has 1 aromatic rings. The van der Waals surface area contributed by atoms with Crippen molar-refractivity contribution in [3.63, 3.8) is 0 Å². The van der Waals surface area contributed by atoms with Gasteiger partial charge in [0.25, 0.3) is 0 Å². The Morgan fingerprint density at radius 2 is 1.71 bits per heavy atom. The summed E-state index contributed by atoms with van der Waals surface area (Å²) in [6.07, 6.45) is 0. The van der Waals surface area contributed by atoms with Crippen LogP contribution < -0.4 is 0 Å². The summed E-state index contributed by atoms with van der Waals surface area (Å²) in [5.41, 5.74) is 0.511. The van der Waals surface area contributed by atoms with Gasteiger partial charge in [-0.25, -0.2) is 12.6 Å². The molecule has 1 N–H and O–H groups in total. The van der Waals surface area contributed by atoms with Crippen molar-refractivity contribution in [2.75, 3.05) is 12.4 Å². The molecular formula is C11H16N2O6S2. The Hall–Kier alpha value is -1.36. The summed E-state index contributed by atoms with van der Waals surface area (Å²) in [6.45, 7) is 3.06. The van der Waals surface area contributed by atoms with Crippen LogP contribution in [0.1, 0.15) is 13.8 Å². The van der Waals surface area contributed by atoms with Crippen molar-refractivity contribution in [1.82, 2.24) is 0 Å². The van der Waals surface area contributed by atoms with Crippen LogP contribution in [0.4, 0.5) is 5.69 Å². The van der Waals surface area contributed by atoms with E-state index in [0.29, 0.717) is 5.69 Å². The first-order valence-electron chi connectivity index (χ1n) is 5.96. The van der Waals surface area contributed by atoms with Crippen molar-refractivity contribution in [2.24, 2.45) is 10.2 Å². The molecule has 0 aliphatic rings. The van der Waals surface area contributed by atoms with E-state index < -0.39 is 32.6 Å². The molecule has 0 unspecified atom stereocenters. The largest absolute Gasteiger partial charge is 0.397 e. The van der Waals surface area contributed by atoms with Crippen LogP contribution in [-0.2, 0) is 24.4 Å². The summed E-state index contributed by atoms with van der Waals surface area (Å²) in [7, 11) is -8.35. The maximum Gasteiger partial charge on any atom is 0.397 e. The standard InChI is InChI=1S/C11H16N2O6S2/c1-9(2)12-13-10-3-5-11(6-4-10)20(14,15)8-7-19-21(16,17)18/h3-6,9H,7-8H2,1-2H3,(H,16,17,18)/b13-12+. The average molecular weight is 336 g/mol. The first kappa shape index (κ1) is 17.7. The van der Waals surface area contributed by atoms with Gasteiger partial charge in [0.15, 0.2) is 9.84 Å². The molecular weight excluding hydrogens is 320 g/mol. The zero-order valence-electron chi connectivity index (χ0n) is 11.5. The van der Waals surface area contributed by atoms with Crippen LogP contribution in [0.5, 0.6) is 0 Å². The maximum absolute atomic E-state index is 11.9. The number of hydrogen-bond donors (Lipinski definition) is 1. The second-order valence-electron chi connectivity index (χ2n) is 4.37.